The van der Waals surface area contributed by atoms with Gasteiger partial charge in [-0.15, -0.1) is 0 Å². The normalized spacial score (nSPS) is 22.2. The first-order chi connectivity index (χ1) is 13.3. The number of amides is 1. The summed E-state index contributed by atoms with van der Waals surface area (Å²) in [6, 6.07) is 8.30. The van der Waals surface area contributed by atoms with Crippen LogP contribution in [0.4, 0.5) is 0 Å². The van der Waals surface area contributed by atoms with E-state index in [-0.39, 0.29) is 30.4 Å². The largest absolute Gasteiger partial charge is 0.394 e. The molecule has 1 aromatic rings. The van der Waals surface area contributed by atoms with Gasteiger partial charge >= 0.3 is 0 Å². The summed E-state index contributed by atoms with van der Waals surface area (Å²) in [6.07, 6.45) is 2.62. The van der Waals surface area contributed by atoms with Crippen molar-refractivity contribution < 1.29 is 18.3 Å². The number of hydrogen-bond acceptors (Lipinski definition) is 4. The van der Waals surface area contributed by atoms with Gasteiger partial charge in [0.15, 0.2) is 0 Å². The van der Waals surface area contributed by atoms with Gasteiger partial charge in [-0.05, 0) is 42.7 Å². The summed E-state index contributed by atoms with van der Waals surface area (Å²) in [7, 11) is -3.49. The predicted octanol–water partition coefficient (Wildman–Crippen LogP) is 2.64. The highest BCUT2D eigenvalue weighted by atomic mass is 32.2. The fourth-order valence-corrected chi connectivity index (χ4v) is 5.54. The summed E-state index contributed by atoms with van der Waals surface area (Å²) in [5, 5.41) is 12.4. The number of rotatable bonds is 9. The van der Waals surface area contributed by atoms with Crippen LogP contribution < -0.4 is 5.32 Å². The molecule has 0 aliphatic carbocycles. The number of sulfonamides is 1. The molecule has 1 heterocycles. The van der Waals surface area contributed by atoms with E-state index in [9.17, 15) is 18.3 Å². The molecule has 2 N–H and O–H groups in total. The number of nitrogens with zero attached hydrogens (tertiary/aromatic N) is 1. The van der Waals surface area contributed by atoms with Crippen molar-refractivity contribution in [3.05, 3.63) is 30.3 Å². The van der Waals surface area contributed by atoms with Gasteiger partial charge in [-0.25, -0.2) is 8.42 Å². The van der Waals surface area contributed by atoms with Crippen LogP contribution in [0.1, 0.15) is 46.5 Å². The maximum atomic E-state index is 12.9. The van der Waals surface area contributed by atoms with E-state index < -0.39 is 10.0 Å². The molecule has 2 rings (SSSR count). The quantitative estimate of drug-likeness (QED) is 0.655. The first kappa shape index (κ1) is 22.8. The van der Waals surface area contributed by atoms with Gasteiger partial charge in [-0.1, -0.05) is 45.4 Å². The molecular weight excluding hydrogens is 376 g/mol. The Morgan fingerprint density at radius 2 is 1.93 bits per heavy atom. The Bertz CT molecular complexity index is 721. The Morgan fingerprint density at radius 1 is 1.25 bits per heavy atom. The van der Waals surface area contributed by atoms with Gasteiger partial charge in [0.25, 0.3) is 0 Å². The number of aliphatic hydroxyl groups excluding tert-OH is 1. The molecule has 1 saturated heterocycles. The lowest BCUT2D eigenvalue weighted by Gasteiger charge is -2.37. The number of carbonyl (C=O) groups is 1. The highest BCUT2D eigenvalue weighted by molar-refractivity contribution is 7.89. The molecule has 0 saturated carbocycles. The van der Waals surface area contributed by atoms with Crippen molar-refractivity contribution in [1.82, 2.24) is 9.62 Å². The van der Waals surface area contributed by atoms with Gasteiger partial charge in [0.2, 0.25) is 15.9 Å². The Balaban J connectivity index is 1.98. The maximum Gasteiger partial charge on any atom is 0.243 e. The first-order valence-electron chi connectivity index (χ1n) is 10.2. The average molecular weight is 411 g/mol. The van der Waals surface area contributed by atoms with E-state index in [4.69, 9.17) is 0 Å². The van der Waals surface area contributed by atoms with E-state index >= 15 is 0 Å². The second kappa shape index (κ2) is 10.4. The minimum atomic E-state index is -3.49. The average Bonchev–Trinajstić information content (AvgIpc) is 2.67. The molecule has 1 aromatic carbocycles. The third-order valence-corrected chi connectivity index (χ3v) is 7.43. The summed E-state index contributed by atoms with van der Waals surface area (Å²) in [4.78, 5) is 12.8. The molecule has 0 spiro atoms. The van der Waals surface area contributed by atoms with Crippen LogP contribution in [-0.2, 0) is 14.8 Å². The van der Waals surface area contributed by atoms with E-state index in [1.807, 2.05) is 6.92 Å². The molecule has 6 nitrogen and oxygen atoms in total. The number of hydrogen-bond donors (Lipinski definition) is 2. The van der Waals surface area contributed by atoms with Crippen molar-refractivity contribution in [3.63, 3.8) is 0 Å². The Kier molecular flexibility index (Phi) is 8.46. The summed E-state index contributed by atoms with van der Waals surface area (Å²) >= 11 is 0. The first-order valence-corrected chi connectivity index (χ1v) is 11.7. The molecule has 0 radical (unpaired) electrons. The van der Waals surface area contributed by atoms with Crippen molar-refractivity contribution >= 4 is 15.9 Å². The van der Waals surface area contributed by atoms with Gasteiger partial charge in [0.1, 0.15) is 0 Å². The molecular formula is C21H34N2O4S. The Hall–Kier alpha value is -1.44. The summed E-state index contributed by atoms with van der Waals surface area (Å²) in [5.74, 6) is 0.649. The van der Waals surface area contributed by atoms with Crippen LogP contribution in [0.25, 0.3) is 0 Å². The van der Waals surface area contributed by atoms with Crippen LogP contribution in [0.2, 0.25) is 0 Å². The van der Waals surface area contributed by atoms with Crippen LogP contribution in [-0.4, -0.2) is 49.5 Å². The zero-order valence-electron chi connectivity index (χ0n) is 17.2. The molecule has 0 bridgehead atoms. The minimum Gasteiger partial charge on any atom is -0.394 e. The fourth-order valence-electron chi connectivity index (χ4n) is 4.01. The van der Waals surface area contributed by atoms with Crippen LogP contribution in [0.3, 0.4) is 0 Å². The number of carbonyl (C=O) groups excluding carboxylic acids is 1. The molecule has 1 fully saturated rings. The molecule has 0 aromatic heterocycles. The molecule has 7 heteroatoms. The maximum absolute atomic E-state index is 12.9. The van der Waals surface area contributed by atoms with E-state index in [0.29, 0.717) is 36.7 Å². The van der Waals surface area contributed by atoms with Gasteiger partial charge in [-0.2, -0.15) is 4.31 Å². The molecule has 1 amide bonds. The van der Waals surface area contributed by atoms with E-state index in [0.717, 1.165) is 12.8 Å². The number of piperidine rings is 1. The fraction of sp³-hybridized carbons (Fsp3) is 0.667. The molecule has 1 aliphatic heterocycles. The Morgan fingerprint density at radius 3 is 2.50 bits per heavy atom. The highest BCUT2D eigenvalue weighted by Crippen LogP contribution is 2.32. The molecule has 158 valence electrons. The standard InChI is InChI=1S/C21H34N2O4S/c1-4-17-14-23(28(26,27)20-8-6-5-7-9-20)11-10-18(17)13-21(25)22-19(15-24)12-16(2)3/h5-9,16-19,24H,4,10-15H2,1-3H3,(H,22,25)/t17-,18+,19-/m1/s1. The van der Waals surface area contributed by atoms with E-state index in [1.165, 1.54) is 0 Å². The van der Waals surface area contributed by atoms with Gasteiger partial charge < -0.3 is 10.4 Å². The molecule has 0 unspecified atom stereocenters. The van der Waals surface area contributed by atoms with Crippen molar-refractivity contribution in [3.8, 4) is 0 Å². The van der Waals surface area contributed by atoms with Gasteiger partial charge in [0.05, 0.1) is 17.5 Å². The van der Waals surface area contributed by atoms with Crippen LogP contribution in [0.15, 0.2) is 35.2 Å². The summed E-state index contributed by atoms with van der Waals surface area (Å²) in [5.41, 5.74) is 0. The molecule has 1 aliphatic rings. The molecule has 28 heavy (non-hydrogen) atoms. The van der Waals surface area contributed by atoms with Crippen LogP contribution in [0.5, 0.6) is 0 Å². The summed E-state index contributed by atoms with van der Waals surface area (Å²) in [6.45, 7) is 6.98. The van der Waals surface area contributed by atoms with Crippen LogP contribution in [0, 0.1) is 17.8 Å². The van der Waals surface area contributed by atoms with Gasteiger partial charge in [0, 0.05) is 19.5 Å². The highest BCUT2D eigenvalue weighted by Gasteiger charge is 2.35. The third kappa shape index (κ3) is 6.03. The van der Waals surface area contributed by atoms with Crippen molar-refractivity contribution in [2.24, 2.45) is 17.8 Å². The third-order valence-electron chi connectivity index (χ3n) is 5.55. The zero-order chi connectivity index (χ0) is 20.7. The van der Waals surface area contributed by atoms with Crippen molar-refractivity contribution in [2.45, 2.75) is 57.4 Å². The van der Waals surface area contributed by atoms with E-state index in [2.05, 4.69) is 19.2 Å². The lowest BCUT2D eigenvalue weighted by atomic mass is 9.82. The number of aliphatic hydroxyl groups is 1. The van der Waals surface area contributed by atoms with Crippen molar-refractivity contribution in [2.75, 3.05) is 19.7 Å². The van der Waals surface area contributed by atoms with E-state index in [1.54, 1.807) is 34.6 Å². The monoisotopic (exact) mass is 410 g/mol. The second-order valence-electron chi connectivity index (χ2n) is 8.17. The zero-order valence-corrected chi connectivity index (χ0v) is 18.0. The van der Waals surface area contributed by atoms with Crippen LogP contribution >= 0.6 is 0 Å². The SMILES string of the molecule is CC[C@@H]1CN(S(=O)(=O)c2ccccc2)CC[C@H]1CC(=O)N[C@@H](CO)CC(C)C. The predicted molar refractivity (Wildman–Crippen MR) is 110 cm³/mol. The van der Waals surface area contributed by atoms with Crippen molar-refractivity contribution in [1.29, 1.82) is 0 Å². The number of benzene rings is 1. The molecule has 3 atom stereocenters. The Labute approximate surface area is 169 Å². The second-order valence-corrected chi connectivity index (χ2v) is 10.1. The van der Waals surface area contributed by atoms with Gasteiger partial charge in [-0.3, -0.25) is 4.79 Å². The smallest absolute Gasteiger partial charge is 0.243 e. The lowest BCUT2D eigenvalue weighted by molar-refractivity contribution is -0.123. The number of nitrogens with one attached hydrogen (secondary N) is 1. The minimum absolute atomic E-state index is 0.0532. The lowest BCUT2D eigenvalue weighted by Crippen LogP contribution is -2.46. The summed E-state index contributed by atoms with van der Waals surface area (Å²) < 4.78 is 27.3. The topological polar surface area (TPSA) is 86.7 Å².